The van der Waals surface area contributed by atoms with Crippen molar-refractivity contribution in [2.45, 2.75) is 64.5 Å². The second-order valence-electron chi connectivity index (χ2n) is 6.86. The first-order valence-electron chi connectivity index (χ1n) is 8.85. The van der Waals surface area contributed by atoms with Gasteiger partial charge in [-0.2, -0.15) is 0 Å². The second kappa shape index (κ2) is 7.16. The number of carbonyl (C=O) groups is 1. The maximum Gasteiger partial charge on any atom is 0.258 e. The molecule has 0 saturated heterocycles. The fourth-order valence-electron chi connectivity index (χ4n) is 3.37. The van der Waals surface area contributed by atoms with E-state index in [0.717, 1.165) is 12.8 Å². The molecule has 1 saturated carbocycles. The van der Waals surface area contributed by atoms with Gasteiger partial charge in [-0.15, -0.1) is 0 Å². The number of fused-ring (bicyclic) bond motifs is 1. The molecule has 128 valence electrons. The van der Waals surface area contributed by atoms with E-state index in [1.54, 1.807) is 6.07 Å². The lowest BCUT2D eigenvalue weighted by atomic mass is 9.90. The zero-order valence-electron chi connectivity index (χ0n) is 14.4. The van der Waals surface area contributed by atoms with Crippen LogP contribution in [0.1, 0.15) is 51.8 Å². The quantitative estimate of drug-likeness (QED) is 0.887. The molecule has 0 spiro atoms. The van der Waals surface area contributed by atoms with Gasteiger partial charge < -0.3 is 9.88 Å². The van der Waals surface area contributed by atoms with Crippen molar-refractivity contribution in [3.63, 3.8) is 0 Å². The smallest absolute Gasteiger partial charge is 0.258 e. The van der Waals surface area contributed by atoms with E-state index in [9.17, 15) is 9.59 Å². The van der Waals surface area contributed by atoms with E-state index < -0.39 is 0 Å². The Hall–Kier alpha value is -2.17. The summed E-state index contributed by atoms with van der Waals surface area (Å²) in [4.78, 5) is 33.9. The highest BCUT2D eigenvalue weighted by molar-refractivity contribution is 5.77. The average molecular weight is 327 g/mol. The van der Waals surface area contributed by atoms with Gasteiger partial charge in [-0.3, -0.25) is 9.59 Å². The summed E-state index contributed by atoms with van der Waals surface area (Å²) in [6, 6.07) is 8.00. The number of carbonyl (C=O) groups excluding carboxylic acids is 1. The van der Waals surface area contributed by atoms with Crippen LogP contribution in [-0.4, -0.2) is 32.9 Å². The van der Waals surface area contributed by atoms with Crippen molar-refractivity contribution in [3.8, 4) is 0 Å². The zero-order chi connectivity index (χ0) is 17.1. The van der Waals surface area contributed by atoms with Crippen LogP contribution in [0.25, 0.3) is 10.9 Å². The van der Waals surface area contributed by atoms with E-state index in [-0.39, 0.29) is 17.5 Å². The van der Waals surface area contributed by atoms with Gasteiger partial charge in [-0.1, -0.05) is 12.1 Å². The minimum Gasteiger partial charge on any atom is -0.337 e. The predicted molar refractivity (Wildman–Crippen MR) is 94.9 cm³/mol. The SMILES string of the molecule is CC(C)N(C(=O)CCCc1nc2ccccc2c(=O)[nH]1)C1CCC1. The van der Waals surface area contributed by atoms with E-state index >= 15 is 0 Å². The number of amides is 1. The van der Waals surface area contributed by atoms with Gasteiger partial charge >= 0.3 is 0 Å². The molecule has 1 N–H and O–H groups in total. The number of nitrogens with one attached hydrogen (secondary N) is 1. The number of hydrogen-bond donors (Lipinski definition) is 1. The molecule has 1 aliphatic carbocycles. The summed E-state index contributed by atoms with van der Waals surface area (Å²) in [6.07, 6.45) is 5.31. The van der Waals surface area contributed by atoms with Crippen LogP contribution in [0.5, 0.6) is 0 Å². The number of aromatic nitrogens is 2. The Labute approximate surface area is 142 Å². The maximum atomic E-state index is 12.5. The molecule has 5 heteroatoms. The molecule has 1 aromatic heterocycles. The number of nitrogens with zero attached hydrogens (tertiary/aromatic N) is 2. The van der Waals surface area contributed by atoms with E-state index in [1.807, 2.05) is 23.1 Å². The van der Waals surface area contributed by atoms with Crippen LogP contribution in [0.2, 0.25) is 0 Å². The fraction of sp³-hybridized carbons (Fsp3) is 0.526. The monoisotopic (exact) mass is 327 g/mol. The summed E-state index contributed by atoms with van der Waals surface area (Å²) < 4.78 is 0. The van der Waals surface area contributed by atoms with Crippen LogP contribution in [0, 0.1) is 0 Å². The second-order valence-corrected chi connectivity index (χ2v) is 6.86. The van der Waals surface area contributed by atoms with E-state index in [0.29, 0.717) is 42.0 Å². The Morgan fingerprint density at radius 2 is 2.08 bits per heavy atom. The molecular formula is C19H25N3O2. The Morgan fingerprint density at radius 1 is 1.33 bits per heavy atom. The third-order valence-electron chi connectivity index (χ3n) is 4.78. The molecule has 0 atom stereocenters. The van der Waals surface area contributed by atoms with Crippen molar-refractivity contribution in [1.82, 2.24) is 14.9 Å². The fourth-order valence-corrected chi connectivity index (χ4v) is 3.37. The molecule has 1 amide bonds. The molecule has 0 unspecified atom stereocenters. The predicted octanol–water partition coefficient (Wildman–Crippen LogP) is 3.04. The Morgan fingerprint density at radius 3 is 2.75 bits per heavy atom. The van der Waals surface area contributed by atoms with Crippen molar-refractivity contribution in [2.75, 3.05) is 0 Å². The highest BCUT2D eigenvalue weighted by atomic mass is 16.2. The summed E-state index contributed by atoms with van der Waals surface area (Å²) in [5.41, 5.74) is 0.598. The maximum absolute atomic E-state index is 12.5. The number of H-pyrrole nitrogens is 1. The van der Waals surface area contributed by atoms with Gasteiger partial charge in [-0.25, -0.2) is 4.98 Å². The highest BCUT2D eigenvalue weighted by Gasteiger charge is 2.30. The van der Waals surface area contributed by atoms with Crippen molar-refractivity contribution in [2.24, 2.45) is 0 Å². The zero-order valence-corrected chi connectivity index (χ0v) is 14.4. The van der Waals surface area contributed by atoms with Crippen molar-refractivity contribution >= 4 is 16.8 Å². The molecular weight excluding hydrogens is 302 g/mol. The summed E-state index contributed by atoms with van der Waals surface area (Å²) in [6.45, 7) is 4.16. The molecule has 3 rings (SSSR count). The number of rotatable bonds is 6. The average Bonchev–Trinajstić information content (AvgIpc) is 2.50. The molecule has 2 aromatic rings. The third kappa shape index (κ3) is 3.50. The Balaban J connectivity index is 1.61. The van der Waals surface area contributed by atoms with Gasteiger partial charge in [-0.05, 0) is 51.7 Å². The van der Waals surface area contributed by atoms with Crippen molar-refractivity contribution in [3.05, 3.63) is 40.4 Å². The minimum atomic E-state index is -0.111. The first-order valence-corrected chi connectivity index (χ1v) is 8.85. The molecule has 0 bridgehead atoms. The number of benzene rings is 1. The molecule has 0 aliphatic heterocycles. The number of para-hydroxylation sites is 1. The van der Waals surface area contributed by atoms with Gasteiger partial charge in [0.05, 0.1) is 10.9 Å². The summed E-state index contributed by atoms with van der Waals surface area (Å²) >= 11 is 0. The minimum absolute atomic E-state index is 0.111. The van der Waals surface area contributed by atoms with Gasteiger partial charge in [0.25, 0.3) is 5.56 Å². The van der Waals surface area contributed by atoms with Gasteiger partial charge in [0.2, 0.25) is 5.91 Å². The van der Waals surface area contributed by atoms with Gasteiger partial charge in [0.15, 0.2) is 0 Å². The number of hydrogen-bond acceptors (Lipinski definition) is 3. The Kier molecular flexibility index (Phi) is 4.97. The number of aromatic amines is 1. The van der Waals surface area contributed by atoms with Gasteiger partial charge in [0, 0.05) is 24.9 Å². The van der Waals surface area contributed by atoms with E-state index in [4.69, 9.17) is 0 Å². The third-order valence-corrected chi connectivity index (χ3v) is 4.78. The van der Waals surface area contributed by atoms with Crippen LogP contribution in [-0.2, 0) is 11.2 Å². The molecule has 1 heterocycles. The van der Waals surface area contributed by atoms with Crippen LogP contribution < -0.4 is 5.56 Å². The molecule has 5 nitrogen and oxygen atoms in total. The van der Waals surface area contributed by atoms with Crippen LogP contribution in [0.4, 0.5) is 0 Å². The molecule has 1 fully saturated rings. The summed E-state index contributed by atoms with van der Waals surface area (Å²) in [7, 11) is 0. The lowest BCUT2D eigenvalue weighted by Gasteiger charge is -2.40. The standard InChI is InChI=1S/C19H25N3O2/c1-13(2)22(14-7-5-8-14)18(23)12-6-11-17-20-16-10-4-3-9-15(16)19(24)21-17/h3-4,9-10,13-14H,5-8,11-12H2,1-2H3,(H,20,21,24). The summed E-state index contributed by atoms with van der Waals surface area (Å²) in [5, 5.41) is 0.605. The lowest BCUT2D eigenvalue weighted by molar-refractivity contribution is -0.137. The molecule has 0 radical (unpaired) electrons. The first-order chi connectivity index (χ1) is 11.6. The van der Waals surface area contributed by atoms with Crippen LogP contribution >= 0.6 is 0 Å². The van der Waals surface area contributed by atoms with E-state index in [1.165, 1.54) is 6.42 Å². The lowest BCUT2D eigenvalue weighted by Crippen LogP contribution is -2.48. The van der Waals surface area contributed by atoms with Crippen LogP contribution in [0.3, 0.4) is 0 Å². The molecule has 1 aliphatic rings. The summed E-state index contributed by atoms with van der Waals surface area (Å²) in [5.74, 6) is 0.879. The Bertz CT molecular complexity index is 778. The van der Waals surface area contributed by atoms with Crippen LogP contribution in [0.15, 0.2) is 29.1 Å². The topological polar surface area (TPSA) is 66.1 Å². The van der Waals surface area contributed by atoms with Crippen molar-refractivity contribution in [1.29, 1.82) is 0 Å². The molecule has 1 aromatic carbocycles. The largest absolute Gasteiger partial charge is 0.337 e. The van der Waals surface area contributed by atoms with Crippen molar-refractivity contribution < 1.29 is 4.79 Å². The van der Waals surface area contributed by atoms with Gasteiger partial charge in [0.1, 0.15) is 5.82 Å². The molecule has 24 heavy (non-hydrogen) atoms. The van der Waals surface area contributed by atoms with E-state index in [2.05, 4.69) is 23.8 Å². The number of aryl methyl sites for hydroxylation is 1. The highest BCUT2D eigenvalue weighted by Crippen LogP contribution is 2.27. The normalized spacial score (nSPS) is 14.8. The first kappa shape index (κ1) is 16.7.